The second-order valence-corrected chi connectivity index (χ2v) is 35.4. The summed E-state index contributed by atoms with van der Waals surface area (Å²) >= 11 is 0. The summed E-state index contributed by atoms with van der Waals surface area (Å²) in [5.74, 6) is 2.04. The van der Waals surface area contributed by atoms with Gasteiger partial charge in [-0.2, -0.15) is 0 Å². The first-order chi connectivity index (χ1) is 49.8. The number of esters is 2. The van der Waals surface area contributed by atoms with E-state index in [9.17, 15) is 28.8 Å². The maximum Gasteiger partial charge on any atom is 0.407 e. The van der Waals surface area contributed by atoms with Gasteiger partial charge in [-0.3, -0.25) is 28.5 Å². The minimum atomic E-state index is -2.02. The van der Waals surface area contributed by atoms with E-state index in [0.717, 1.165) is 78.5 Å². The number of benzene rings is 3. The molecular weight excluding hydrogens is 1350 g/mol. The number of methoxy groups -OCH3 is 1. The first-order valence-corrected chi connectivity index (χ1v) is 40.1. The van der Waals surface area contributed by atoms with Crippen molar-refractivity contribution in [1.29, 1.82) is 0 Å². The van der Waals surface area contributed by atoms with Gasteiger partial charge in [0.2, 0.25) is 11.8 Å². The number of nitrogens with one attached hydrogen (secondary N) is 4. The van der Waals surface area contributed by atoms with E-state index >= 15 is 0 Å². The minimum absolute atomic E-state index is 0. The number of hydrogen-bond donors (Lipinski definition) is 4. The van der Waals surface area contributed by atoms with Crippen molar-refractivity contribution in [2.75, 3.05) is 21.2 Å². The van der Waals surface area contributed by atoms with Crippen LogP contribution in [0.15, 0.2) is 133 Å². The van der Waals surface area contributed by atoms with Gasteiger partial charge in [-0.1, -0.05) is 163 Å². The molecule has 2 aromatic heterocycles. The molecule has 23 nitrogen and oxygen atoms in total. The molecule has 105 heavy (non-hydrogen) atoms. The second kappa shape index (κ2) is 37.0. The van der Waals surface area contributed by atoms with Gasteiger partial charge in [0.05, 0.1) is 64.2 Å². The molecule has 568 valence electrons. The summed E-state index contributed by atoms with van der Waals surface area (Å²) in [5.41, 5.74) is 8.55. The normalized spacial score (nSPS) is 25.5. The predicted octanol–water partition coefficient (Wildman–Crippen LogP) is 13.8. The molecule has 5 aromatic rings. The summed E-state index contributed by atoms with van der Waals surface area (Å²) in [6, 6.07) is 23.3. The van der Waals surface area contributed by atoms with Crippen LogP contribution in [0.3, 0.4) is 0 Å². The van der Waals surface area contributed by atoms with E-state index in [1.165, 1.54) is 11.1 Å². The van der Waals surface area contributed by atoms with Crippen molar-refractivity contribution in [2.24, 2.45) is 47.3 Å². The summed E-state index contributed by atoms with van der Waals surface area (Å²) < 4.78 is 45.5. The fraction of sp³-hybridized carbons (Fsp3) is 0.556. The van der Waals surface area contributed by atoms with Gasteiger partial charge in [0.25, 0.3) is 0 Å². The quantitative estimate of drug-likeness (QED) is 0.0227. The van der Waals surface area contributed by atoms with Crippen LogP contribution in [0.25, 0.3) is 22.5 Å². The Morgan fingerprint density at radius 1 is 0.590 bits per heavy atom. The van der Waals surface area contributed by atoms with Crippen LogP contribution >= 0.6 is 0 Å². The van der Waals surface area contributed by atoms with Crippen LogP contribution in [0.1, 0.15) is 150 Å². The van der Waals surface area contributed by atoms with Gasteiger partial charge in [-0.15, -0.1) is 10.2 Å². The smallest absolute Gasteiger partial charge is 0.407 e. The molecule has 14 atom stereocenters. The van der Waals surface area contributed by atoms with Gasteiger partial charge in [0.15, 0.2) is 8.32 Å². The number of aromatic nitrogens is 6. The average molecular weight is 1460 g/mol. The Hall–Kier alpha value is -8.74. The lowest BCUT2D eigenvalue weighted by Crippen LogP contribution is -2.47. The Morgan fingerprint density at radius 3 is 1.45 bits per heavy atom. The van der Waals surface area contributed by atoms with Crippen molar-refractivity contribution in [2.45, 2.75) is 220 Å². The Balaban J connectivity index is 0.000000241. The topological polar surface area (TPSA) is 277 Å². The number of allylic oxidation sites excluding steroid dienone is 6. The number of carbonyl (C=O) groups excluding carboxylic acids is 6. The maximum absolute atomic E-state index is 13.3. The molecule has 4 aliphatic carbocycles. The van der Waals surface area contributed by atoms with E-state index in [1.54, 1.807) is 30.6 Å². The SMILES string of the molecule is C.CNC(=O)CCn1cc(-c2ccc(CNC(=O)O[C@H]3C[C@@H](C)C=C4C=C[C@H](C)[C@H](CC[C@@H]5C[C@@H](OCc6ccc(OC)cc6)CC(=O)O5)[C@H]43)cc2)nn1.CNC(=O)CCn1cc(-c2ccc(CNC(=O)O[C@H]3C[C@@H](C)C=C4C=C[C@H](C)[C@H](CC[C@@H]5C[C@@H](O[Si](C)(C)C(C)(C)C)CC(=O)O5)[C@H]43)cc2)nn1. The third-order valence-corrected chi connectivity index (χ3v) is 26.4. The van der Waals surface area contributed by atoms with Crippen molar-refractivity contribution in [3.8, 4) is 28.3 Å². The van der Waals surface area contributed by atoms with Crippen molar-refractivity contribution in [3.05, 3.63) is 149 Å². The molecule has 4 amide bonds. The van der Waals surface area contributed by atoms with Gasteiger partial charge in [0.1, 0.15) is 41.6 Å². The fourth-order valence-corrected chi connectivity index (χ4v) is 16.4. The van der Waals surface area contributed by atoms with Crippen LogP contribution in [0.4, 0.5) is 9.59 Å². The number of alkyl carbamates (subject to hydrolysis) is 2. The van der Waals surface area contributed by atoms with Crippen molar-refractivity contribution < 1.29 is 61.6 Å². The van der Waals surface area contributed by atoms with Crippen LogP contribution in [0.2, 0.25) is 18.1 Å². The second-order valence-electron chi connectivity index (χ2n) is 30.7. The van der Waals surface area contributed by atoms with Crippen LogP contribution in [-0.4, -0.2) is 132 Å². The molecule has 2 fully saturated rings. The third kappa shape index (κ3) is 22.4. The summed E-state index contributed by atoms with van der Waals surface area (Å²) in [6.45, 7) is 21.9. The lowest BCUT2D eigenvalue weighted by atomic mass is 9.65. The molecule has 0 spiro atoms. The Kier molecular flexibility index (Phi) is 28.3. The van der Waals surface area contributed by atoms with Gasteiger partial charge in [-0.05, 0) is 132 Å². The highest BCUT2D eigenvalue weighted by molar-refractivity contribution is 6.74. The summed E-state index contributed by atoms with van der Waals surface area (Å²) in [6.07, 6.45) is 22.4. The summed E-state index contributed by atoms with van der Waals surface area (Å²) in [4.78, 5) is 74.9. The number of rotatable bonds is 26. The molecule has 11 rings (SSSR count). The molecular formula is C81H112N10O13Si. The van der Waals surface area contributed by atoms with Crippen molar-refractivity contribution >= 4 is 44.3 Å². The highest BCUT2D eigenvalue weighted by Crippen LogP contribution is 2.48. The van der Waals surface area contributed by atoms with Crippen LogP contribution in [0.5, 0.6) is 5.75 Å². The Morgan fingerprint density at radius 2 is 1.02 bits per heavy atom. The molecule has 0 unspecified atom stereocenters. The highest BCUT2D eigenvalue weighted by Gasteiger charge is 2.46. The maximum atomic E-state index is 13.3. The Labute approximate surface area is 620 Å². The largest absolute Gasteiger partial charge is 0.497 e. The summed E-state index contributed by atoms with van der Waals surface area (Å²) in [5, 5.41) is 27.9. The number of nitrogens with zero attached hydrogens (tertiary/aromatic N) is 6. The first-order valence-electron chi connectivity index (χ1n) is 37.2. The number of aryl methyl sites for hydroxylation is 2. The van der Waals surface area contributed by atoms with E-state index in [0.29, 0.717) is 75.8 Å². The molecule has 4 heterocycles. The van der Waals surface area contributed by atoms with Crippen LogP contribution in [-0.2, 0) is 80.1 Å². The Bertz CT molecular complexity index is 3860. The molecule has 0 bridgehead atoms. The highest BCUT2D eigenvalue weighted by atomic mass is 28.4. The lowest BCUT2D eigenvalue weighted by molar-refractivity contribution is -0.164. The fourth-order valence-electron chi connectivity index (χ4n) is 15.0. The first kappa shape index (κ1) is 80.4. The van der Waals surface area contributed by atoms with Gasteiger partial charge < -0.3 is 54.1 Å². The minimum Gasteiger partial charge on any atom is -0.497 e. The van der Waals surface area contributed by atoms with Gasteiger partial charge >= 0.3 is 24.1 Å². The van der Waals surface area contributed by atoms with Crippen LogP contribution < -0.4 is 26.0 Å². The van der Waals surface area contributed by atoms with Crippen molar-refractivity contribution in [1.82, 2.24) is 51.3 Å². The molecule has 0 radical (unpaired) electrons. The zero-order chi connectivity index (χ0) is 74.2. The third-order valence-electron chi connectivity index (χ3n) is 21.8. The lowest BCUT2D eigenvalue weighted by Gasteiger charge is -2.44. The molecule has 6 aliphatic rings. The molecule has 2 saturated heterocycles. The van der Waals surface area contributed by atoms with E-state index in [-0.39, 0.29) is 121 Å². The van der Waals surface area contributed by atoms with Gasteiger partial charge in [0, 0.05) is 75.8 Å². The molecule has 24 heteroatoms. The van der Waals surface area contributed by atoms with E-state index in [2.05, 4.69) is 140 Å². The van der Waals surface area contributed by atoms with Crippen LogP contribution in [0, 0.1) is 47.3 Å². The standard InChI is InChI=1S/C41H51N5O7.C39H57N5O6Si.CH4/c1-26-19-31-10-5-27(2)35(16-15-33-21-34(22-39(48)52-33)51-25-29-8-13-32(50-4)14-9-29)40(31)37(20-26)53-41(49)43-23-28-6-11-30(12-7-28)36-24-46(45-44-36)18-17-38(47)42-3;1-25-19-29-12-9-26(2)32(16-15-30-21-31(22-36(46)48-30)50-51(7,8)39(3,4)5)37(29)34(20-25)49-38(47)41-23-27-10-13-28(14-11-27)33-24-44(43-42-33)18-17-35(45)40-6;/h5-14,19,24,26-27,33-35,37,40H,15-18,20-23,25H2,1-4H3,(H,42,47)(H,43,49);9-14,19,24-26,30-32,34,37H,15-18,20-23H2,1-8H3,(H,40,45)(H,41,47);1H4/t26-,27-,33+,34+,35-,37-,40-;25-,26-,30+,31+,32-,34-,37-;/m00./s1. The molecule has 3 aromatic carbocycles. The number of amides is 4. The average Bonchev–Trinajstić information content (AvgIpc) is 1.26. The number of cyclic esters (lactones) is 2. The van der Waals surface area contributed by atoms with E-state index in [4.69, 9.17) is 32.8 Å². The van der Waals surface area contributed by atoms with E-state index in [1.807, 2.05) is 85.2 Å². The molecule has 0 saturated carbocycles. The predicted molar refractivity (Wildman–Crippen MR) is 404 cm³/mol. The number of carbonyl (C=O) groups is 6. The van der Waals surface area contributed by atoms with Crippen molar-refractivity contribution in [3.63, 3.8) is 0 Å². The number of fused-ring (bicyclic) bond motifs is 2. The molecule has 2 aliphatic heterocycles. The van der Waals surface area contributed by atoms with E-state index < -0.39 is 20.5 Å². The molecule has 4 N–H and O–H groups in total. The number of hydrogen-bond acceptors (Lipinski definition) is 17. The zero-order valence-corrected chi connectivity index (χ0v) is 63.6. The zero-order valence-electron chi connectivity index (χ0n) is 62.6. The summed E-state index contributed by atoms with van der Waals surface area (Å²) in [7, 11) is 2.84. The number of ether oxygens (including phenoxy) is 6. The monoisotopic (exact) mass is 1460 g/mol. The van der Waals surface area contributed by atoms with Gasteiger partial charge in [-0.25, -0.2) is 9.59 Å².